The Bertz CT molecular complexity index is 432. The topological polar surface area (TPSA) is 38.1 Å². The molecule has 1 aromatic rings. The van der Waals surface area contributed by atoms with E-state index < -0.39 is 0 Å². The van der Waals surface area contributed by atoms with E-state index in [-0.39, 0.29) is 11.2 Å². The molecule has 2 heterocycles. The van der Waals surface area contributed by atoms with Gasteiger partial charge in [-0.2, -0.15) is 0 Å². The summed E-state index contributed by atoms with van der Waals surface area (Å²) in [5.41, 5.74) is 0. The van der Waals surface area contributed by atoms with Crippen LogP contribution in [0.4, 0.5) is 0 Å². The number of imidazole rings is 1. The van der Waals surface area contributed by atoms with Crippen LogP contribution >= 0.6 is 11.8 Å². The van der Waals surface area contributed by atoms with E-state index in [9.17, 15) is 4.79 Å². The molecule has 0 N–H and O–H groups in total. The summed E-state index contributed by atoms with van der Waals surface area (Å²) in [7, 11) is 1.96. The molecule has 5 heteroatoms. The predicted octanol–water partition coefficient (Wildman–Crippen LogP) is 2.69. The van der Waals surface area contributed by atoms with Crippen LogP contribution in [0, 0.1) is 0 Å². The molecule has 1 fully saturated rings. The molecule has 1 saturated heterocycles. The largest absolute Gasteiger partial charge is 0.339 e. The van der Waals surface area contributed by atoms with Gasteiger partial charge in [-0.25, -0.2) is 4.98 Å². The van der Waals surface area contributed by atoms with E-state index in [4.69, 9.17) is 0 Å². The monoisotopic (exact) mass is 281 g/mol. The van der Waals surface area contributed by atoms with Crippen molar-refractivity contribution in [1.29, 1.82) is 0 Å². The Labute approximate surface area is 119 Å². The number of rotatable bonds is 4. The third-order valence-corrected chi connectivity index (χ3v) is 4.95. The van der Waals surface area contributed by atoms with Gasteiger partial charge in [0.2, 0.25) is 5.91 Å². The lowest BCUT2D eigenvalue weighted by Gasteiger charge is -2.36. The molecular formula is C14H23N3OS. The summed E-state index contributed by atoms with van der Waals surface area (Å²) in [6.45, 7) is 5.08. The maximum atomic E-state index is 12.6. The second kappa shape index (κ2) is 6.46. The second-order valence-corrected chi connectivity index (χ2v) is 6.48. The fourth-order valence-electron chi connectivity index (χ4n) is 2.62. The number of hydrogen-bond donors (Lipinski definition) is 0. The fourth-order valence-corrected chi connectivity index (χ4v) is 3.52. The van der Waals surface area contributed by atoms with Gasteiger partial charge in [-0.05, 0) is 32.6 Å². The van der Waals surface area contributed by atoms with Gasteiger partial charge in [-0.1, -0.05) is 18.7 Å². The van der Waals surface area contributed by atoms with Crippen LogP contribution in [0.2, 0.25) is 0 Å². The average Bonchev–Trinajstić information content (AvgIpc) is 2.83. The molecule has 0 saturated carbocycles. The molecule has 2 atom stereocenters. The molecule has 2 rings (SSSR count). The number of piperidine rings is 1. The number of amides is 1. The van der Waals surface area contributed by atoms with Crippen molar-refractivity contribution in [1.82, 2.24) is 14.5 Å². The van der Waals surface area contributed by atoms with Gasteiger partial charge in [0.05, 0.1) is 5.25 Å². The van der Waals surface area contributed by atoms with Crippen LogP contribution in [0.5, 0.6) is 0 Å². The summed E-state index contributed by atoms with van der Waals surface area (Å²) >= 11 is 1.55. The molecule has 1 aliphatic rings. The van der Waals surface area contributed by atoms with Crippen LogP contribution in [0.1, 0.15) is 39.5 Å². The molecule has 2 unspecified atom stereocenters. The SMILES string of the molecule is CCC1CCCCN1C(=O)C(C)Sc1nccn1C. The fraction of sp³-hybridized carbons (Fsp3) is 0.714. The standard InChI is InChI=1S/C14H23N3OS/c1-4-12-7-5-6-9-17(12)13(18)11(2)19-14-15-8-10-16(14)3/h8,10-12H,4-7,9H2,1-3H3. The first-order valence-electron chi connectivity index (χ1n) is 7.08. The smallest absolute Gasteiger partial charge is 0.236 e. The molecule has 0 aliphatic carbocycles. The molecule has 1 aromatic heterocycles. The van der Waals surface area contributed by atoms with Gasteiger partial charge in [-0.3, -0.25) is 4.79 Å². The Morgan fingerprint density at radius 3 is 3.00 bits per heavy atom. The maximum absolute atomic E-state index is 12.6. The van der Waals surface area contributed by atoms with Gasteiger partial charge in [0, 0.05) is 32.0 Å². The first-order valence-corrected chi connectivity index (χ1v) is 7.96. The average molecular weight is 281 g/mol. The quantitative estimate of drug-likeness (QED) is 0.796. The number of carbonyl (C=O) groups excluding carboxylic acids is 1. The van der Waals surface area contributed by atoms with Gasteiger partial charge in [-0.15, -0.1) is 0 Å². The minimum atomic E-state index is -0.0618. The van der Waals surface area contributed by atoms with Gasteiger partial charge in [0.1, 0.15) is 0 Å². The Morgan fingerprint density at radius 2 is 2.37 bits per heavy atom. The Hall–Kier alpha value is -0.970. The van der Waals surface area contributed by atoms with Crippen molar-refractivity contribution in [3.05, 3.63) is 12.4 Å². The van der Waals surface area contributed by atoms with Crippen LogP contribution in [0.3, 0.4) is 0 Å². The highest BCUT2D eigenvalue weighted by Crippen LogP contribution is 2.26. The number of likely N-dealkylation sites (tertiary alicyclic amines) is 1. The van der Waals surface area contributed by atoms with E-state index in [1.807, 2.05) is 24.7 Å². The number of thioether (sulfide) groups is 1. The van der Waals surface area contributed by atoms with Gasteiger partial charge >= 0.3 is 0 Å². The van der Waals surface area contributed by atoms with Crippen molar-refractivity contribution in [3.63, 3.8) is 0 Å². The Kier molecular flexibility index (Phi) is 4.91. The number of aromatic nitrogens is 2. The molecular weight excluding hydrogens is 258 g/mol. The highest BCUT2D eigenvalue weighted by molar-refractivity contribution is 8.00. The molecule has 19 heavy (non-hydrogen) atoms. The van der Waals surface area contributed by atoms with Gasteiger partial charge in [0.25, 0.3) is 0 Å². The van der Waals surface area contributed by atoms with Crippen molar-refractivity contribution >= 4 is 17.7 Å². The summed E-state index contributed by atoms with van der Waals surface area (Å²) < 4.78 is 1.96. The van der Waals surface area contributed by atoms with E-state index in [1.54, 1.807) is 18.0 Å². The first kappa shape index (κ1) is 14.4. The summed E-state index contributed by atoms with van der Waals surface area (Å²) in [5, 5.41) is 0.846. The summed E-state index contributed by atoms with van der Waals surface area (Å²) in [5.74, 6) is 0.263. The summed E-state index contributed by atoms with van der Waals surface area (Å²) in [6.07, 6.45) is 8.29. The third-order valence-electron chi connectivity index (χ3n) is 3.79. The number of hydrogen-bond acceptors (Lipinski definition) is 3. The molecule has 0 spiro atoms. The Balaban J connectivity index is 2.00. The van der Waals surface area contributed by atoms with Crippen molar-refractivity contribution in [2.75, 3.05) is 6.54 Å². The van der Waals surface area contributed by atoms with Gasteiger partial charge in [0.15, 0.2) is 5.16 Å². The van der Waals surface area contributed by atoms with E-state index in [0.29, 0.717) is 6.04 Å². The minimum absolute atomic E-state index is 0.0618. The maximum Gasteiger partial charge on any atom is 0.236 e. The highest BCUT2D eigenvalue weighted by Gasteiger charge is 2.29. The van der Waals surface area contributed by atoms with Crippen LogP contribution in [0.15, 0.2) is 17.6 Å². The lowest BCUT2D eigenvalue weighted by atomic mass is 10.00. The van der Waals surface area contributed by atoms with E-state index in [1.165, 1.54) is 6.42 Å². The minimum Gasteiger partial charge on any atom is -0.339 e. The summed E-state index contributed by atoms with van der Waals surface area (Å²) in [4.78, 5) is 18.9. The van der Waals surface area contributed by atoms with Crippen LogP contribution < -0.4 is 0 Å². The molecule has 0 aromatic carbocycles. The second-order valence-electron chi connectivity index (χ2n) is 5.17. The van der Waals surface area contributed by atoms with Crippen molar-refractivity contribution < 1.29 is 4.79 Å². The molecule has 106 valence electrons. The number of carbonyl (C=O) groups is 1. The highest BCUT2D eigenvalue weighted by atomic mass is 32.2. The molecule has 0 radical (unpaired) electrons. The molecule has 4 nitrogen and oxygen atoms in total. The zero-order valence-corrected chi connectivity index (χ0v) is 12.8. The van der Waals surface area contributed by atoms with Crippen LogP contribution in [0.25, 0.3) is 0 Å². The van der Waals surface area contributed by atoms with Crippen molar-refractivity contribution in [2.45, 2.75) is 56.0 Å². The van der Waals surface area contributed by atoms with Crippen LogP contribution in [-0.2, 0) is 11.8 Å². The normalized spacial score (nSPS) is 21.4. The zero-order chi connectivity index (χ0) is 13.8. The third kappa shape index (κ3) is 3.32. The predicted molar refractivity (Wildman–Crippen MR) is 78.2 cm³/mol. The van der Waals surface area contributed by atoms with E-state index in [0.717, 1.165) is 31.0 Å². The first-order chi connectivity index (χ1) is 9.13. The van der Waals surface area contributed by atoms with Crippen molar-refractivity contribution in [3.8, 4) is 0 Å². The Morgan fingerprint density at radius 1 is 1.58 bits per heavy atom. The molecule has 0 bridgehead atoms. The molecule has 1 amide bonds. The van der Waals surface area contributed by atoms with Gasteiger partial charge < -0.3 is 9.47 Å². The summed E-state index contributed by atoms with van der Waals surface area (Å²) in [6, 6.07) is 0.436. The molecule has 1 aliphatic heterocycles. The van der Waals surface area contributed by atoms with Crippen molar-refractivity contribution in [2.24, 2.45) is 7.05 Å². The number of nitrogens with zero attached hydrogens (tertiary/aromatic N) is 3. The lowest BCUT2D eigenvalue weighted by molar-refractivity contribution is -0.134. The van der Waals surface area contributed by atoms with E-state index >= 15 is 0 Å². The van der Waals surface area contributed by atoms with Crippen LogP contribution in [-0.4, -0.2) is 38.2 Å². The lowest BCUT2D eigenvalue weighted by Crippen LogP contribution is -2.46. The zero-order valence-electron chi connectivity index (χ0n) is 12.0. The van der Waals surface area contributed by atoms with E-state index in [2.05, 4.69) is 16.8 Å². The number of aryl methyl sites for hydroxylation is 1.